The van der Waals surface area contributed by atoms with Crippen LogP contribution in [0.1, 0.15) is 21.5 Å². The number of aromatic carboxylic acids is 1. The predicted octanol–water partition coefficient (Wildman–Crippen LogP) is 3.63. The number of hydrogen-bond donors (Lipinski definition) is 4. The lowest BCUT2D eigenvalue weighted by Crippen LogP contribution is -2.03. The average molecular weight is 433 g/mol. The molecule has 0 fully saturated rings. The number of aldehydes is 1. The lowest BCUT2D eigenvalue weighted by atomic mass is 10.1. The summed E-state index contributed by atoms with van der Waals surface area (Å²) < 4.78 is 0. The third-order valence-corrected chi connectivity index (χ3v) is 4.00. The maximum Gasteiger partial charge on any atom is 0.337 e. The van der Waals surface area contributed by atoms with Gasteiger partial charge in [-0.1, -0.05) is 18.2 Å². The van der Waals surface area contributed by atoms with Gasteiger partial charge in [-0.2, -0.15) is 5.26 Å². The number of anilines is 1. The van der Waals surface area contributed by atoms with Crippen LogP contribution in [0.3, 0.4) is 0 Å². The van der Waals surface area contributed by atoms with Crippen molar-refractivity contribution >= 4 is 23.7 Å². The molecule has 4 N–H and O–H groups in total. The van der Waals surface area contributed by atoms with E-state index in [9.17, 15) is 14.7 Å². The number of carboxylic acid groups (broad SMARTS) is 1. The maximum atomic E-state index is 10.7. The average Bonchev–Trinajstić information content (AvgIpc) is 2.82. The molecule has 0 aliphatic carbocycles. The second-order valence-electron chi connectivity index (χ2n) is 6.12. The first-order chi connectivity index (χ1) is 15.4. The largest absolute Gasteiger partial charge is 0.507 e. The van der Waals surface area contributed by atoms with Gasteiger partial charge in [0, 0.05) is 24.4 Å². The molecule has 0 atom stereocenters. The molecule has 0 spiro atoms. The Morgan fingerprint density at radius 3 is 2.28 bits per heavy atom. The van der Waals surface area contributed by atoms with E-state index in [0.29, 0.717) is 23.3 Å². The molecule has 0 saturated carbocycles. The number of carbonyl (C=O) groups excluding carboxylic acids is 1. The van der Waals surface area contributed by atoms with Crippen LogP contribution in [0.2, 0.25) is 0 Å². The number of nitrogens with zero attached hydrogens (tertiary/aromatic N) is 1. The van der Waals surface area contributed by atoms with E-state index in [0.717, 1.165) is 0 Å². The summed E-state index contributed by atoms with van der Waals surface area (Å²) in [6.45, 7) is 0. The van der Waals surface area contributed by atoms with Crippen molar-refractivity contribution in [3.05, 3.63) is 83.4 Å². The SMILES string of the molecule is CNc1ccc(C#N)cc1C(=O)O.N=C(C=O)c1ccc(OOc2ccccc2)cc1O. The van der Waals surface area contributed by atoms with Crippen LogP contribution in [0.15, 0.2) is 66.7 Å². The van der Waals surface area contributed by atoms with E-state index in [-0.39, 0.29) is 28.3 Å². The lowest BCUT2D eigenvalue weighted by Gasteiger charge is -2.07. The molecule has 0 unspecified atom stereocenters. The standard InChI is InChI=1S/C14H11NO4.C9H8N2O2/c15-13(9-16)12-7-6-11(8-14(12)17)19-18-10-4-2-1-3-5-10;1-11-8-3-2-6(5-10)4-7(8)9(12)13/h1-9,15,17H;2-4,11H,1H3,(H,12,13). The second-order valence-corrected chi connectivity index (χ2v) is 6.12. The molecule has 0 aromatic heterocycles. The zero-order valence-corrected chi connectivity index (χ0v) is 16.9. The van der Waals surface area contributed by atoms with Gasteiger partial charge in [-0.05, 0) is 42.5 Å². The van der Waals surface area contributed by atoms with E-state index in [2.05, 4.69) is 5.32 Å². The summed E-state index contributed by atoms with van der Waals surface area (Å²) in [5.74, 6) is -0.469. The predicted molar refractivity (Wildman–Crippen MR) is 116 cm³/mol. The van der Waals surface area contributed by atoms with Gasteiger partial charge < -0.3 is 15.5 Å². The number of hydrogen-bond acceptors (Lipinski definition) is 8. The van der Waals surface area contributed by atoms with Crippen molar-refractivity contribution in [2.24, 2.45) is 0 Å². The molecule has 162 valence electrons. The first-order valence-corrected chi connectivity index (χ1v) is 9.11. The fraction of sp³-hybridized carbons (Fsp3) is 0.0435. The Hall–Kier alpha value is -4.84. The Bertz CT molecular complexity index is 1160. The van der Waals surface area contributed by atoms with E-state index >= 15 is 0 Å². The number of aromatic hydroxyl groups is 1. The summed E-state index contributed by atoms with van der Waals surface area (Å²) in [5.41, 5.74) is 0.805. The molecule has 0 aliphatic rings. The number of para-hydroxylation sites is 1. The van der Waals surface area contributed by atoms with E-state index in [4.69, 9.17) is 25.6 Å². The van der Waals surface area contributed by atoms with Gasteiger partial charge in [0.05, 0.1) is 17.2 Å². The summed E-state index contributed by atoms with van der Waals surface area (Å²) in [6.07, 6.45) is 0.357. The third kappa shape index (κ3) is 6.33. The summed E-state index contributed by atoms with van der Waals surface area (Å²) in [4.78, 5) is 31.2. The Morgan fingerprint density at radius 2 is 1.72 bits per heavy atom. The summed E-state index contributed by atoms with van der Waals surface area (Å²) in [5, 5.41) is 37.0. The van der Waals surface area contributed by atoms with Gasteiger partial charge >= 0.3 is 5.97 Å². The van der Waals surface area contributed by atoms with Crippen molar-refractivity contribution in [3.8, 4) is 23.3 Å². The van der Waals surface area contributed by atoms with Crippen LogP contribution in [0.4, 0.5) is 5.69 Å². The first kappa shape index (κ1) is 23.4. The van der Waals surface area contributed by atoms with Gasteiger partial charge in [0.25, 0.3) is 0 Å². The highest BCUT2D eigenvalue weighted by Crippen LogP contribution is 2.24. The summed E-state index contributed by atoms with van der Waals surface area (Å²) in [6, 6.07) is 19.4. The Kier molecular flexibility index (Phi) is 8.33. The van der Waals surface area contributed by atoms with Crippen LogP contribution < -0.4 is 15.1 Å². The molecular formula is C23H19N3O6. The minimum atomic E-state index is -1.04. The van der Waals surface area contributed by atoms with Crippen LogP contribution in [0.5, 0.6) is 17.2 Å². The van der Waals surface area contributed by atoms with E-state index in [1.165, 1.54) is 24.3 Å². The Balaban J connectivity index is 0.000000244. The molecule has 0 saturated heterocycles. The number of benzene rings is 3. The normalized spacial score (nSPS) is 9.38. The number of carboxylic acids is 1. The highest BCUT2D eigenvalue weighted by Gasteiger charge is 2.10. The minimum Gasteiger partial charge on any atom is -0.507 e. The van der Waals surface area contributed by atoms with Crippen molar-refractivity contribution in [1.82, 2.24) is 0 Å². The number of phenolic OH excluding ortho intramolecular Hbond substituents is 1. The molecule has 0 amide bonds. The molecule has 0 aliphatic heterocycles. The van der Waals surface area contributed by atoms with E-state index in [1.54, 1.807) is 43.4 Å². The van der Waals surface area contributed by atoms with Gasteiger partial charge in [0.15, 0.2) is 17.8 Å². The van der Waals surface area contributed by atoms with E-state index in [1.807, 2.05) is 12.1 Å². The number of rotatable bonds is 7. The Labute approximate surface area is 183 Å². The molecule has 3 aromatic rings. The molecule has 0 heterocycles. The van der Waals surface area contributed by atoms with Gasteiger partial charge in [-0.3, -0.25) is 20.0 Å². The molecule has 32 heavy (non-hydrogen) atoms. The summed E-state index contributed by atoms with van der Waals surface area (Å²) >= 11 is 0. The van der Waals surface area contributed by atoms with Crippen LogP contribution in [-0.2, 0) is 4.79 Å². The number of nitrogens with one attached hydrogen (secondary N) is 2. The van der Waals surface area contributed by atoms with Gasteiger partial charge in [0.1, 0.15) is 11.5 Å². The molecule has 0 bridgehead atoms. The zero-order valence-electron chi connectivity index (χ0n) is 16.9. The van der Waals surface area contributed by atoms with E-state index < -0.39 is 5.97 Å². The van der Waals surface area contributed by atoms with Crippen molar-refractivity contribution in [2.45, 2.75) is 0 Å². The van der Waals surface area contributed by atoms with Crippen LogP contribution in [0.25, 0.3) is 0 Å². The van der Waals surface area contributed by atoms with Crippen LogP contribution in [-0.4, -0.2) is 35.2 Å². The molecule has 9 heteroatoms. The van der Waals surface area contributed by atoms with Gasteiger partial charge in [-0.15, -0.1) is 0 Å². The van der Waals surface area contributed by atoms with Gasteiger partial charge in [0.2, 0.25) is 0 Å². The molecule has 3 aromatic carbocycles. The fourth-order valence-corrected chi connectivity index (χ4v) is 2.44. The van der Waals surface area contributed by atoms with Gasteiger partial charge in [-0.25, -0.2) is 4.79 Å². The van der Waals surface area contributed by atoms with Crippen LogP contribution in [0, 0.1) is 16.7 Å². The number of carbonyl (C=O) groups is 2. The molecule has 9 nitrogen and oxygen atoms in total. The van der Waals surface area contributed by atoms with Crippen molar-refractivity contribution in [2.75, 3.05) is 12.4 Å². The maximum absolute atomic E-state index is 10.7. The Morgan fingerprint density at radius 1 is 1.03 bits per heavy atom. The van der Waals surface area contributed by atoms with Crippen molar-refractivity contribution in [3.63, 3.8) is 0 Å². The molecular weight excluding hydrogens is 414 g/mol. The molecule has 3 rings (SSSR count). The molecule has 0 radical (unpaired) electrons. The highest BCUT2D eigenvalue weighted by molar-refractivity contribution is 6.35. The second kappa shape index (κ2) is 11.4. The van der Waals surface area contributed by atoms with Crippen molar-refractivity contribution < 1.29 is 29.6 Å². The van der Waals surface area contributed by atoms with Crippen molar-refractivity contribution in [1.29, 1.82) is 10.7 Å². The highest BCUT2D eigenvalue weighted by atomic mass is 17.2. The topological polar surface area (TPSA) is 153 Å². The smallest absolute Gasteiger partial charge is 0.337 e. The summed E-state index contributed by atoms with van der Waals surface area (Å²) in [7, 11) is 1.63. The zero-order chi connectivity index (χ0) is 23.5. The quantitative estimate of drug-likeness (QED) is 0.191. The van der Waals surface area contributed by atoms with Crippen LogP contribution >= 0.6 is 0 Å². The first-order valence-electron chi connectivity index (χ1n) is 9.11. The monoisotopic (exact) mass is 433 g/mol. The number of phenols is 1. The fourth-order valence-electron chi connectivity index (χ4n) is 2.44. The lowest BCUT2D eigenvalue weighted by molar-refractivity contribution is -0.102. The minimum absolute atomic E-state index is 0.113. The third-order valence-electron chi connectivity index (χ3n) is 4.00. The number of nitriles is 1.